The van der Waals surface area contributed by atoms with E-state index in [-0.39, 0.29) is 10.8 Å². The van der Waals surface area contributed by atoms with Crippen molar-refractivity contribution in [2.24, 2.45) is 5.73 Å². The zero-order valence-electron chi connectivity index (χ0n) is 8.34. The molecule has 0 aliphatic carbocycles. The molecular formula is C10H12ClFN2S. The summed E-state index contributed by atoms with van der Waals surface area (Å²) < 4.78 is 13.5. The molecule has 0 radical (unpaired) electrons. The number of nitrogens with two attached hydrogens (primary N) is 1. The Morgan fingerprint density at radius 1 is 1.60 bits per heavy atom. The molecule has 0 atom stereocenters. The van der Waals surface area contributed by atoms with Gasteiger partial charge in [-0.3, -0.25) is 4.90 Å². The Morgan fingerprint density at radius 2 is 2.27 bits per heavy atom. The fraction of sp³-hybridized carbons (Fsp3) is 0.300. The van der Waals surface area contributed by atoms with E-state index in [2.05, 4.69) is 0 Å². The van der Waals surface area contributed by atoms with Gasteiger partial charge < -0.3 is 5.73 Å². The number of benzene rings is 1. The molecule has 0 saturated carbocycles. The lowest BCUT2D eigenvalue weighted by Gasteiger charge is -2.16. The molecule has 2 N–H and O–H groups in total. The highest BCUT2D eigenvalue weighted by molar-refractivity contribution is 7.80. The molecule has 1 aromatic rings. The third kappa shape index (κ3) is 3.74. The Labute approximate surface area is 98.8 Å². The second-order valence-electron chi connectivity index (χ2n) is 3.35. The predicted molar refractivity (Wildman–Crippen MR) is 64.5 cm³/mol. The summed E-state index contributed by atoms with van der Waals surface area (Å²) in [5, 5.41) is 0.135. The molecule has 0 heterocycles. The molecule has 1 rings (SSSR count). The Balaban J connectivity index is 2.72. The number of rotatable bonds is 4. The summed E-state index contributed by atoms with van der Waals surface area (Å²) in [6.45, 7) is 0.894. The SMILES string of the molecule is CN(CC(N)=S)Cc1cccc(Cl)c1F. The maximum absolute atomic E-state index is 13.5. The highest BCUT2D eigenvalue weighted by Crippen LogP contribution is 2.18. The number of hydrogen-bond donors (Lipinski definition) is 1. The molecule has 0 saturated heterocycles. The van der Waals surface area contributed by atoms with Crippen molar-refractivity contribution in [3.8, 4) is 0 Å². The molecule has 0 spiro atoms. The molecule has 2 nitrogen and oxygen atoms in total. The molecule has 1 aromatic carbocycles. The van der Waals surface area contributed by atoms with E-state index in [1.54, 1.807) is 12.1 Å². The van der Waals surface area contributed by atoms with Crippen molar-refractivity contribution < 1.29 is 4.39 Å². The molecule has 0 aliphatic rings. The van der Waals surface area contributed by atoms with E-state index in [0.717, 1.165) is 0 Å². The van der Waals surface area contributed by atoms with Crippen molar-refractivity contribution in [2.45, 2.75) is 6.54 Å². The van der Waals surface area contributed by atoms with Gasteiger partial charge in [0.25, 0.3) is 0 Å². The summed E-state index contributed by atoms with van der Waals surface area (Å²) in [6, 6.07) is 4.93. The van der Waals surface area contributed by atoms with Gasteiger partial charge in [-0.05, 0) is 13.1 Å². The van der Waals surface area contributed by atoms with Crippen molar-refractivity contribution in [3.63, 3.8) is 0 Å². The van der Waals surface area contributed by atoms with Gasteiger partial charge in [-0.1, -0.05) is 36.0 Å². The lowest BCUT2D eigenvalue weighted by atomic mass is 10.2. The van der Waals surface area contributed by atoms with Crippen LogP contribution in [0.25, 0.3) is 0 Å². The van der Waals surface area contributed by atoms with Crippen molar-refractivity contribution in [2.75, 3.05) is 13.6 Å². The number of nitrogens with zero attached hydrogens (tertiary/aromatic N) is 1. The Kier molecular flexibility index (Phi) is 4.45. The molecule has 0 fully saturated rings. The van der Waals surface area contributed by atoms with Crippen LogP contribution in [0.4, 0.5) is 4.39 Å². The van der Waals surface area contributed by atoms with Gasteiger partial charge in [0.2, 0.25) is 0 Å². The summed E-state index contributed by atoms with van der Waals surface area (Å²) in [5.74, 6) is -0.381. The second kappa shape index (κ2) is 5.39. The minimum absolute atomic E-state index is 0.135. The number of hydrogen-bond acceptors (Lipinski definition) is 2. The third-order valence-corrected chi connectivity index (χ3v) is 2.32. The molecular weight excluding hydrogens is 235 g/mol. The molecule has 0 bridgehead atoms. The number of likely N-dealkylation sites (N-methyl/N-ethyl adjacent to an activating group) is 1. The van der Waals surface area contributed by atoms with Crippen molar-refractivity contribution in [1.82, 2.24) is 4.90 Å². The zero-order valence-corrected chi connectivity index (χ0v) is 9.91. The maximum Gasteiger partial charge on any atom is 0.146 e. The van der Waals surface area contributed by atoms with E-state index < -0.39 is 0 Å². The van der Waals surface area contributed by atoms with E-state index >= 15 is 0 Å². The van der Waals surface area contributed by atoms with E-state index in [1.807, 2.05) is 11.9 Å². The van der Waals surface area contributed by atoms with E-state index in [0.29, 0.717) is 23.6 Å². The van der Waals surface area contributed by atoms with Crippen LogP contribution < -0.4 is 5.73 Å². The van der Waals surface area contributed by atoms with Gasteiger partial charge in [0.1, 0.15) is 5.82 Å². The average Bonchev–Trinajstić information content (AvgIpc) is 2.11. The van der Waals surface area contributed by atoms with Crippen LogP contribution in [0.5, 0.6) is 0 Å². The van der Waals surface area contributed by atoms with Gasteiger partial charge in [-0.15, -0.1) is 0 Å². The predicted octanol–water partition coefficient (Wildman–Crippen LogP) is 2.20. The summed E-state index contributed by atoms with van der Waals surface area (Å²) in [6.07, 6.45) is 0. The van der Waals surface area contributed by atoms with Crippen LogP contribution in [0.3, 0.4) is 0 Å². The van der Waals surface area contributed by atoms with Crippen LogP contribution in [-0.2, 0) is 6.54 Å². The molecule has 0 unspecified atom stereocenters. The fourth-order valence-electron chi connectivity index (χ4n) is 1.28. The largest absolute Gasteiger partial charge is 0.392 e. The van der Waals surface area contributed by atoms with Gasteiger partial charge in [0, 0.05) is 18.7 Å². The summed E-state index contributed by atoms with van der Waals surface area (Å²) in [7, 11) is 1.82. The molecule has 15 heavy (non-hydrogen) atoms. The van der Waals surface area contributed by atoms with Crippen molar-refractivity contribution >= 4 is 28.8 Å². The third-order valence-electron chi connectivity index (χ3n) is 1.90. The zero-order chi connectivity index (χ0) is 11.4. The smallest absolute Gasteiger partial charge is 0.146 e. The molecule has 0 aromatic heterocycles. The Hall–Kier alpha value is -0.710. The van der Waals surface area contributed by atoms with Gasteiger partial charge in [-0.2, -0.15) is 0 Å². The van der Waals surface area contributed by atoms with Gasteiger partial charge in [0.05, 0.1) is 10.0 Å². The minimum atomic E-state index is -0.381. The van der Waals surface area contributed by atoms with Crippen LogP contribution in [-0.4, -0.2) is 23.5 Å². The normalized spacial score (nSPS) is 10.7. The summed E-state index contributed by atoms with van der Waals surface area (Å²) in [5.41, 5.74) is 5.93. The number of halogens is 2. The van der Waals surface area contributed by atoms with Crippen molar-refractivity contribution in [3.05, 3.63) is 34.6 Å². The summed E-state index contributed by atoms with van der Waals surface area (Å²) in [4.78, 5) is 2.22. The first-order valence-electron chi connectivity index (χ1n) is 4.40. The molecule has 82 valence electrons. The first kappa shape index (κ1) is 12.4. The first-order chi connectivity index (χ1) is 7.00. The number of thiocarbonyl (C=S) groups is 1. The average molecular weight is 247 g/mol. The lowest BCUT2D eigenvalue weighted by Crippen LogP contribution is -2.29. The van der Waals surface area contributed by atoms with Gasteiger partial charge in [0.15, 0.2) is 0 Å². The van der Waals surface area contributed by atoms with E-state index in [9.17, 15) is 4.39 Å². The van der Waals surface area contributed by atoms with Crippen LogP contribution in [0.1, 0.15) is 5.56 Å². The molecule has 0 amide bonds. The monoisotopic (exact) mass is 246 g/mol. The van der Waals surface area contributed by atoms with Crippen LogP contribution >= 0.6 is 23.8 Å². The van der Waals surface area contributed by atoms with Crippen LogP contribution in [0, 0.1) is 5.82 Å². The molecule has 5 heteroatoms. The van der Waals surface area contributed by atoms with Crippen LogP contribution in [0.15, 0.2) is 18.2 Å². The molecule has 0 aliphatic heterocycles. The van der Waals surface area contributed by atoms with Gasteiger partial charge in [-0.25, -0.2) is 4.39 Å². The minimum Gasteiger partial charge on any atom is -0.392 e. The highest BCUT2D eigenvalue weighted by atomic mass is 35.5. The lowest BCUT2D eigenvalue weighted by molar-refractivity contribution is 0.366. The Morgan fingerprint density at radius 3 is 2.87 bits per heavy atom. The fourth-order valence-corrected chi connectivity index (χ4v) is 1.70. The van der Waals surface area contributed by atoms with E-state index in [1.165, 1.54) is 6.07 Å². The Bertz CT molecular complexity index is 370. The van der Waals surface area contributed by atoms with E-state index in [4.69, 9.17) is 29.6 Å². The highest BCUT2D eigenvalue weighted by Gasteiger charge is 2.08. The maximum atomic E-state index is 13.5. The topological polar surface area (TPSA) is 29.3 Å². The second-order valence-corrected chi connectivity index (χ2v) is 4.28. The van der Waals surface area contributed by atoms with Crippen LogP contribution in [0.2, 0.25) is 5.02 Å². The van der Waals surface area contributed by atoms with Crippen molar-refractivity contribution in [1.29, 1.82) is 0 Å². The standard InChI is InChI=1S/C10H12ClFN2S/c1-14(6-9(13)15)5-7-3-2-4-8(11)10(7)12/h2-4H,5-6H2,1H3,(H2,13,15). The van der Waals surface area contributed by atoms with Gasteiger partial charge >= 0.3 is 0 Å². The summed E-state index contributed by atoms with van der Waals surface area (Å²) >= 11 is 10.4. The first-order valence-corrected chi connectivity index (χ1v) is 5.19. The quantitative estimate of drug-likeness (QED) is 0.826.